The van der Waals surface area contributed by atoms with E-state index in [-0.39, 0.29) is 24.0 Å². The Kier molecular flexibility index (Phi) is 4.17. The molecule has 0 saturated heterocycles. The van der Waals surface area contributed by atoms with Gasteiger partial charge in [-0.25, -0.2) is 0 Å². The largest absolute Gasteiger partial charge is 0.396 e. The summed E-state index contributed by atoms with van der Waals surface area (Å²) in [7, 11) is 0. The molecule has 1 aliphatic rings. The smallest absolute Gasteiger partial charge is 0.251 e. The van der Waals surface area contributed by atoms with Crippen LogP contribution in [0.4, 0.5) is 0 Å². The number of rotatable bonds is 4. The second-order valence-electron chi connectivity index (χ2n) is 6.45. The van der Waals surface area contributed by atoms with E-state index >= 15 is 0 Å². The first-order chi connectivity index (χ1) is 11.0. The molecule has 6 nitrogen and oxygen atoms in total. The van der Waals surface area contributed by atoms with Gasteiger partial charge in [0.15, 0.2) is 0 Å². The third-order valence-electron chi connectivity index (χ3n) is 4.66. The van der Waals surface area contributed by atoms with Gasteiger partial charge < -0.3 is 14.9 Å². The number of aryl methyl sites for hydroxylation is 1. The zero-order valence-corrected chi connectivity index (χ0v) is 13.4. The van der Waals surface area contributed by atoms with Crippen LogP contribution >= 0.6 is 0 Å². The van der Waals surface area contributed by atoms with Gasteiger partial charge in [-0.2, -0.15) is 4.98 Å². The van der Waals surface area contributed by atoms with Crippen molar-refractivity contribution in [2.45, 2.75) is 39.2 Å². The minimum atomic E-state index is -0.238. The number of amides is 1. The van der Waals surface area contributed by atoms with E-state index in [1.54, 1.807) is 25.1 Å². The zero-order valence-electron chi connectivity index (χ0n) is 13.4. The lowest BCUT2D eigenvalue weighted by Gasteiger charge is -2.30. The first-order valence-corrected chi connectivity index (χ1v) is 7.84. The topological polar surface area (TPSA) is 88.2 Å². The summed E-state index contributed by atoms with van der Waals surface area (Å²) in [6.45, 7) is 3.83. The van der Waals surface area contributed by atoms with Crippen molar-refractivity contribution in [3.05, 3.63) is 35.7 Å². The molecule has 23 heavy (non-hydrogen) atoms. The molecule has 1 amide bonds. The molecule has 3 rings (SSSR count). The van der Waals surface area contributed by atoms with Crippen LogP contribution < -0.4 is 5.32 Å². The van der Waals surface area contributed by atoms with Crippen LogP contribution in [-0.2, 0) is 0 Å². The Morgan fingerprint density at radius 2 is 2.35 bits per heavy atom. The van der Waals surface area contributed by atoms with Crippen molar-refractivity contribution in [2.75, 3.05) is 6.61 Å². The van der Waals surface area contributed by atoms with Crippen LogP contribution in [-0.4, -0.2) is 33.8 Å². The third-order valence-corrected chi connectivity index (χ3v) is 4.66. The van der Waals surface area contributed by atoms with Crippen molar-refractivity contribution in [1.82, 2.24) is 15.5 Å². The molecule has 1 aromatic carbocycles. The Morgan fingerprint density at radius 1 is 1.52 bits per heavy atom. The Labute approximate surface area is 134 Å². The molecule has 6 heteroatoms. The number of aromatic nitrogens is 2. The number of carbonyl (C=O) groups is 1. The highest BCUT2D eigenvalue weighted by Gasteiger charge is 2.39. The van der Waals surface area contributed by atoms with Crippen LogP contribution in [0, 0.1) is 12.3 Å². The van der Waals surface area contributed by atoms with E-state index < -0.39 is 0 Å². The average Bonchev–Trinajstić information content (AvgIpc) is 3.15. The van der Waals surface area contributed by atoms with Crippen LogP contribution in [0.2, 0.25) is 0 Å². The van der Waals surface area contributed by atoms with Gasteiger partial charge >= 0.3 is 0 Å². The van der Waals surface area contributed by atoms with Crippen molar-refractivity contribution in [1.29, 1.82) is 0 Å². The van der Waals surface area contributed by atoms with Gasteiger partial charge in [-0.15, -0.1) is 0 Å². The number of nitrogens with zero attached hydrogens (tertiary/aromatic N) is 2. The van der Waals surface area contributed by atoms with Crippen LogP contribution in [0.3, 0.4) is 0 Å². The Bertz CT molecular complexity index is 713. The Balaban J connectivity index is 1.78. The fraction of sp³-hybridized carbons (Fsp3) is 0.471. The van der Waals surface area contributed by atoms with Gasteiger partial charge in [-0.1, -0.05) is 30.6 Å². The predicted molar refractivity (Wildman–Crippen MR) is 84.8 cm³/mol. The minimum Gasteiger partial charge on any atom is -0.396 e. The van der Waals surface area contributed by atoms with Crippen molar-refractivity contribution in [3.8, 4) is 11.4 Å². The summed E-state index contributed by atoms with van der Waals surface area (Å²) in [5.41, 5.74) is 1.06. The van der Waals surface area contributed by atoms with Gasteiger partial charge in [0, 0.05) is 29.5 Å². The third kappa shape index (κ3) is 3.12. The molecular formula is C17H21N3O3. The van der Waals surface area contributed by atoms with Gasteiger partial charge in [-0.05, 0) is 25.0 Å². The van der Waals surface area contributed by atoms with Crippen LogP contribution in [0.25, 0.3) is 11.4 Å². The SMILES string of the molecule is Cc1nc(-c2cccc(C(=O)NC3CCCC3(C)CO)c2)no1. The minimum absolute atomic E-state index is 0.00363. The summed E-state index contributed by atoms with van der Waals surface area (Å²) < 4.78 is 4.98. The number of aliphatic hydroxyl groups excluding tert-OH is 1. The van der Waals surface area contributed by atoms with E-state index in [9.17, 15) is 9.90 Å². The number of hydrogen-bond donors (Lipinski definition) is 2. The molecule has 0 spiro atoms. The van der Waals surface area contributed by atoms with Crippen molar-refractivity contribution >= 4 is 5.91 Å². The Morgan fingerprint density at radius 3 is 3.04 bits per heavy atom. The molecule has 1 aliphatic carbocycles. The molecule has 0 radical (unpaired) electrons. The summed E-state index contributed by atoms with van der Waals surface area (Å²) >= 11 is 0. The van der Waals surface area contributed by atoms with Crippen LogP contribution in [0.1, 0.15) is 42.4 Å². The number of hydrogen-bond acceptors (Lipinski definition) is 5. The number of aliphatic hydroxyl groups is 1. The molecule has 2 N–H and O–H groups in total. The van der Waals surface area contributed by atoms with E-state index in [1.165, 1.54) is 0 Å². The first-order valence-electron chi connectivity index (χ1n) is 7.84. The second kappa shape index (κ2) is 6.12. The summed E-state index contributed by atoms with van der Waals surface area (Å²) in [4.78, 5) is 16.7. The molecule has 2 aromatic rings. The molecule has 2 atom stereocenters. The second-order valence-corrected chi connectivity index (χ2v) is 6.45. The monoisotopic (exact) mass is 315 g/mol. The highest BCUT2D eigenvalue weighted by atomic mass is 16.5. The lowest BCUT2D eigenvalue weighted by molar-refractivity contribution is 0.0830. The number of benzene rings is 1. The van der Waals surface area contributed by atoms with E-state index in [2.05, 4.69) is 15.5 Å². The molecule has 1 fully saturated rings. The molecule has 122 valence electrons. The first kappa shape index (κ1) is 15.7. The van der Waals surface area contributed by atoms with E-state index in [1.807, 2.05) is 13.0 Å². The molecule has 2 unspecified atom stereocenters. The van der Waals surface area contributed by atoms with Crippen LogP contribution in [0.5, 0.6) is 0 Å². The highest BCUT2D eigenvalue weighted by Crippen LogP contribution is 2.37. The van der Waals surface area contributed by atoms with Crippen molar-refractivity contribution in [2.24, 2.45) is 5.41 Å². The molecule has 0 bridgehead atoms. The highest BCUT2D eigenvalue weighted by molar-refractivity contribution is 5.95. The number of nitrogens with one attached hydrogen (secondary N) is 1. The van der Waals surface area contributed by atoms with E-state index in [4.69, 9.17) is 4.52 Å². The van der Waals surface area contributed by atoms with E-state index in [0.717, 1.165) is 24.8 Å². The van der Waals surface area contributed by atoms with Gasteiger partial charge in [0.2, 0.25) is 11.7 Å². The average molecular weight is 315 g/mol. The van der Waals surface area contributed by atoms with Crippen LogP contribution in [0.15, 0.2) is 28.8 Å². The summed E-state index contributed by atoms with van der Waals surface area (Å²) in [5.74, 6) is 0.816. The van der Waals surface area contributed by atoms with Gasteiger partial charge in [-0.3, -0.25) is 4.79 Å². The molecule has 1 saturated carbocycles. The van der Waals surface area contributed by atoms with Gasteiger partial charge in [0.25, 0.3) is 5.91 Å². The molecule has 1 heterocycles. The van der Waals surface area contributed by atoms with Crippen molar-refractivity contribution in [3.63, 3.8) is 0 Å². The normalized spacial score (nSPS) is 23.9. The summed E-state index contributed by atoms with van der Waals surface area (Å²) in [5, 5.41) is 16.5. The Hall–Kier alpha value is -2.21. The molecule has 1 aromatic heterocycles. The molecular weight excluding hydrogens is 294 g/mol. The lowest BCUT2D eigenvalue weighted by atomic mass is 9.85. The van der Waals surface area contributed by atoms with Crippen molar-refractivity contribution < 1.29 is 14.4 Å². The van der Waals surface area contributed by atoms with Gasteiger partial charge in [0.05, 0.1) is 6.61 Å². The van der Waals surface area contributed by atoms with Gasteiger partial charge in [0.1, 0.15) is 0 Å². The zero-order chi connectivity index (χ0) is 16.4. The standard InChI is InChI=1S/C17H21N3O3/c1-11-18-15(20-23-11)12-5-3-6-13(9-12)16(22)19-14-7-4-8-17(14,2)10-21/h3,5-6,9,14,21H,4,7-8,10H2,1-2H3,(H,19,22). The maximum absolute atomic E-state index is 12.5. The quantitative estimate of drug-likeness (QED) is 0.904. The number of carbonyl (C=O) groups excluding carboxylic acids is 1. The van der Waals surface area contributed by atoms with E-state index in [0.29, 0.717) is 17.3 Å². The molecule has 0 aliphatic heterocycles. The maximum atomic E-state index is 12.5. The predicted octanol–water partition coefficient (Wildman–Crippen LogP) is 2.33. The fourth-order valence-electron chi connectivity index (χ4n) is 3.13. The summed E-state index contributed by atoms with van der Waals surface area (Å²) in [6, 6.07) is 7.16. The fourth-order valence-corrected chi connectivity index (χ4v) is 3.13. The maximum Gasteiger partial charge on any atom is 0.251 e. The lowest BCUT2D eigenvalue weighted by Crippen LogP contribution is -2.44. The summed E-state index contributed by atoms with van der Waals surface area (Å²) in [6.07, 6.45) is 2.84.